The molecule has 0 fully saturated rings. The summed E-state index contributed by atoms with van der Waals surface area (Å²) < 4.78 is 18.7. The maximum absolute atomic E-state index is 13.9. The van der Waals surface area contributed by atoms with Crippen molar-refractivity contribution in [2.45, 2.75) is 18.9 Å². The molecule has 0 unspecified atom stereocenters. The Bertz CT molecular complexity index is 1710. The lowest BCUT2D eigenvalue weighted by molar-refractivity contribution is 0.355. The smallest absolute Gasteiger partial charge is 0.271 e. The third-order valence-electron chi connectivity index (χ3n) is 7.01. The summed E-state index contributed by atoms with van der Waals surface area (Å²) in [4.78, 5) is 19.7. The molecule has 6 nitrogen and oxygen atoms in total. The number of ether oxygens (including phenoxy) is 3. The maximum Gasteiger partial charge on any atom is 0.271 e. The Balaban J connectivity index is 1.57. The van der Waals surface area contributed by atoms with E-state index in [0.29, 0.717) is 20.8 Å². The van der Waals surface area contributed by atoms with E-state index in [-0.39, 0.29) is 11.6 Å². The molecule has 1 aliphatic carbocycles. The van der Waals surface area contributed by atoms with Crippen molar-refractivity contribution in [1.29, 1.82) is 0 Å². The number of aryl methyl sites for hydroxylation is 1. The fourth-order valence-electron chi connectivity index (χ4n) is 5.20. The second kappa shape index (κ2) is 9.41. The van der Waals surface area contributed by atoms with E-state index in [9.17, 15) is 4.79 Å². The van der Waals surface area contributed by atoms with Gasteiger partial charge in [-0.15, -0.1) is 0 Å². The lowest BCUT2D eigenvalue weighted by Crippen LogP contribution is -2.38. The van der Waals surface area contributed by atoms with Crippen LogP contribution >= 0.6 is 11.3 Å². The summed E-state index contributed by atoms with van der Waals surface area (Å²) in [7, 11) is 4.87. The van der Waals surface area contributed by atoms with E-state index in [4.69, 9.17) is 19.2 Å². The van der Waals surface area contributed by atoms with Crippen LogP contribution in [0.1, 0.15) is 34.7 Å². The number of methoxy groups -OCH3 is 3. The average Bonchev–Trinajstić information content (AvgIpc) is 3.25. The molecule has 1 aromatic heterocycles. The summed E-state index contributed by atoms with van der Waals surface area (Å²) in [5.41, 5.74) is 6.46. The lowest BCUT2D eigenvalue weighted by atomic mass is 9.83. The summed E-state index contributed by atoms with van der Waals surface area (Å²) in [6.45, 7) is 0. The summed E-state index contributed by atoms with van der Waals surface area (Å²) in [5, 5.41) is 0. The van der Waals surface area contributed by atoms with Crippen LogP contribution in [-0.2, 0) is 6.42 Å². The van der Waals surface area contributed by atoms with Gasteiger partial charge in [0, 0.05) is 5.56 Å². The average molecular weight is 511 g/mol. The molecular formula is C30H26N2O4S. The SMILES string of the molecule is COc1ccc([C@@H]2C3=C(N=c4s/c(=C\c5ccc(OC)c(OC)c5)c(=O)n42)c2ccccc2CC3)cc1. The molecule has 6 rings (SSSR count). The molecule has 1 aliphatic heterocycles. The van der Waals surface area contributed by atoms with Gasteiger partial charge in [-0.2, -0.15) is 0 Å². The quantitative estimate of drug-likeness (QED) is 0.401. The summed E-state index contributed by atoms with van der Waals surface area (Å²) >= 11 is 1.41. The highest BCUT2D eigenvalue weighted by Gasteiger charge is 2.32. The van der Waals surface area contributed by atoms with Crippen LogP contribution in [0.25, 0.3) is 11.8 Å². The maximum atomic E-state index is 13.9. The van der Waals surface area contributed by atoms with Crippen molar-refractivity contribution in [3.63, 3.8) is 0 Å². The van der Waals surface area contributed by atoms with Crippen LogP contribution in [0, 0.1) is 0 Å². The molecule has 3 aromatic carbocycles. The van der Waals surface area contributed by atoms with Crippen molar-refractivity contribution in [2.24, 2.45) is 4.99 Å². The highest BCUT2D eigenvalue weighted by atomic mass is 32.1. The first kappa shape index (κ1) is 23.3. The Morgan fingerprint density at radius 3 is 2.46 bits per heavy atom. The number of rotatable bonds is 5. The first-order valence-electron chi connectivity index (χ1n) is 12.1. The molecule has 0 N–H and O–H groups in total. The Kier molecular flexibility index (Phi) is 5.93. The zero-order chi connectivity index (χ0) is 25.5. The Morgan fingerprint density at radius 1 is 0.919 bits per heavy atom. The molecule has 0 saturated heterocycles. The minimum atomic E-state index is -0.224. The predicted octanol–water partition coefficient (Wildman–Crippen LogP) is 4.34. The number of thiazole rings is 1. The molecule has 0 bridgehead atoms. The Morgan fingerprint density at radius 2 is 1.70 bits per heavy atom. The van der Waals surface area contributed by atoms with Crippen molar-refractivity contribution in [3.05, 3.63) is 114 Å². The number of nitrogens with zero attached hydrogens (tertiary/aromatic N) is 2. The minimum Gasteiger partial charge on any atom is -0.497 e. The fourth-order valence-corrected chi connectivity index (χ4v) is 6.20. The van der Waals surface area contributed by atoms with Gasteiger partial charge in [0.05, 0.1) is 37.6 Å². The second-order valence-corrected chi connectivity index (χ2v) is 10.0. The molecule has 0 saturated carbocycles. The van der Waals surface area contributed by atoms with Crippen LogP contribution in [-0.4, -0.2) is 25.9 Å². The van der Waals surface area contributed by atoms with Crippen molar-refractivity contribution < 1.29 is 14.2 Å². The van der Waals surface area contributed by atoms with E-state index in [2.05, 4.69) is 24.3 Å². The van der Waals surface area contributed by atoms with E-state index in [0.717, 1.165) is 41.0 Å². The van der Waals surface area contributed by atoms with Gasteiger partial charge in [0.25, 0.3) is 5.56 Å². The van der Waals surface area contributed by atoms with Crippen LogP contribution in [0.5, 0.6) is 17.2 Å². The van der Waals surface area contributed by atoms with E-state index < -0.39 is 0 Å². The highest BCUT2D eigenvalue weighted by Crippen LogP contribution is 2.41. The van der Waals surface area contributed by atoms with Gasteiger partial charge in [0.2, 0.25) is 0 Å². The van der Waals surface area contributed by atoms with E-state index in [1.165, 1.54) is 22.5 Å². The molecular weight excluding hydrogens is 484 g/mol. The van der Waals surface area contributed by atoms with E-state index in [1.54, 1.807) is 21.3 Å². The molecule has 4 aromatic rings. The summed E-state index contributed by atoms with van der Waals surface area (Å²) in [6.07, 6.45) is 3.67. The van der Waals surface area contributed by atoms with Gasteiger partial charge in [-0.1, -0.05) is 53.8 Å². The van der Waals surface area contributed by atoms with Crippen molar-refractivity contribution in [3.8, 4) is 17.2 Å². The third kappa shape index (κ3) is 3.96. The molecule has 7 heteroatoms. The van der Waals surface area contributed by atoms with Gasteiger partial charge in [-0.05, 0) is 65.4 Å². The zero-order valence-corrected chi connectivity index (χ0v) is 21.7. The third-order valence-corrected chi connectivity index (χ3v) is 7.99. The number of hydrogen-bond donors (Lipinski definition) is 0. The molecule has 2 heterocycles. The van der Waals surface area contributed by atoms with Gasteiger partial charge >= 0.3 is 0 Å². The molecule has 0 spiro atoms. The molecule has 1 atom stereocenters. The number of aromatic nitrogens is 1. The number of allylic oxidation sites excluding steroid dienone is 1. The van der Waals surface area contributed by atoms with Crippen LogP contribution in [0.15, 0.2) is 82.1 Å². The van der Waals surface area contributed by atoms with Gasteiger partial charge < -0.3 is 14.2 Å². The van der Waals surface area contributed by atoms with Crippen LogP contribution in [0.3, 0.4) is 0 Å². The molecule has 186 valence electrons. The van der Waals surface area contributed by atoms with Gasteiger partial charge in [0.15, 0.2) is 16.3 Å². The standard InChI is InChI=1S/C30H26N2O4S/c1-34-21-12-9-20(10-13-21)28-23-14-11-19-6-4-5-7-22(19)27(23)31-30-32(28)29(33)26(37-30)17-18-8-15-24(35-2)25(16-18)36-3/h4-10,12-13,15-17,28H,11,14H2,1-3H3/b26-17-/t28-/m1/s1. The first-order valence-corrected chi connectivity index (χ1v) is 12.9. The second-order valence-electron chi connectivity index (χ2n) is 9.00. The zero-order valence-electron chi connectivity index (χ0n) is 20.9. The largest absolute Gasteiger partial charge is 0.497 e. The van der Waals surface area contributed by atoms with Gasteiger partial charge in [-0.25, -0.2) is 4.99 Å². The van der Waals surface area contributed by atoms with Crippen molar-refractivity contribution in [1.82, 2.24) is 4.57 Å². The van der Waals surface area contributed by atoms with E-state index >= 15 is 0 Å². The first-order chi connectivity index (χ1) is 18.1. The molecule has 0 radical (unpaired) electrons. The number of hydrogen-bond acceptors (Lipinski definition) is 6. The van der Waals surface area contributed by atoms with Crippen LogP contribution < -0.4 is 29.1 Å². The minimum absolute atomic E-state index is 0.0511. The molecule has 0 amide bonds. The van der Waals surface area contributed by atoms with Crippen molar-refractivity contribution in [2.75, 3.05) is 21.3 Å². The normalized spacial score (nSPS) is 16.4. The lowest BCUT2D eigenvalue weighted by Gasteiger charge is -2.30. The predicted molar refractivity (Wildman–Crippen MR) is 145 cm³/mol. The number of fused-ring (bicyclic) bond motifs is 3. The monoisotopic (exact) mass is 510 g/mol. The topological polar surface area (TPSA) is 62.0 Å². The van der Waals surface area contributed by atoms with Crippen molar-refractivity contribution >= 4 is 23.1 Å². The fraction of sp³-hybridized carbons (Fsp3) is 0.200. The summed E-state index contributed by atoms with van der Waals surface area (Å²) in [5.74, 6) is 2.05. The Labute approximate surface area is 218 Å². The summed E-state index contributed by atoms with van der Waals surface area (Å²) in [6, 6.07) is 21.8. The molecule has 2 aliphatic rings. The molecule has 37 heavy (non-hydrogen) atoms. The highest BCUT2D eigenvalue weighted by molar-refractivity contribution is 7.07. The number of benzene rings is 3. The van der Waals surface area contributed by atoms with Gasteiger partial charge in [0.1, 0.15) is 5.75 Å². The van der Waals surface area contributed by atoms with E-state index in [1.807, 2.05) is 53.1 Å². The van der Waals surface area contributed by atoms with Crippen LogP contribution in [0.4, 0.5) is 0 Å². The van der Waals surface area contributed by atoms with Gasteiger partial charge in [-0.3, -0.25) is 9.36 Å². The Hall–Kier alpha value is -4.10. The van der Waals surface area contributed by atoms with Crippen LogP contribution in [0.2, 0.25) is 0 Å².